The van der Waals surface area contributed by atoms with Gasteiger partial charge in [0.2, 0.25) is 0 Å². The summed E-state index contributed by atoms with van der Waals surface area (Å²) in [6, 6.07) is -0.230. The smallest absolute Gasteiger partial charge is 0.407 e. The quantitative estimate of drug-likeness (QED) is 0.707. The van der Waals surface area contributed by atoms with E-state index in [9.17, 15) is 4.79 Å². The van der Waals surface area contributed by atoms with Gasteiger partial charge < -0.3 is 15.2 Å². The first-order chi connectivity index (χ1) is 7.39. The molecule has 1 atom stereocenters. The van der Waals surface area contributed by atoms with E-state index in [1.807, 2.05) is 20.8 Å². The Hall–Kier alpha value is -0.420. The van der Waals surface area contributed by atoms with Crippen molar-refractivity contribution < 1.29 is 14.6 Å². The highest BCUT2D eigenvalue weighted by molar-refractivity contribution is 7.99. The summed E-state index contributed by atoms with van der Waals surface area (Å²) in [5, 5.41) is 11.7. The Kier molecular flexibility index (Phi) is 7.58. The van der Waals surface area contributed by atoms with Crippen molar-refractivity contribution in [2.75, 3.05) is 18.1 Å². The van der Waals surface area contributed by atoms with E-state index in [2.05, 4.69) is 12.2 Å². The van der Waals surface area contributed by atoms with Crippen molar-refractivity contribution in [2.24, 2.45) is 0 Å². The number of carbonyl (C=O) groups excluding carboxylic acids is 1. The van der Waals surface area contributed by atoms with Crippen LogP contribution in [0.5, 0.6) is 0 Å². The number of amides is 1. The lowest BCUT2D eigenvalue weighted by molar-refractivity contribution is 0.0491. The molecule has 96 valence electrons. The van der Waals surface area contributed by atoms with Crippen molar-refractivity contribution >= 4 is 17.9 Å². The Morgan fingerprint density at radius 2 is 2.12 bits per heavy atom. The molecule has 0 heterocycles. The van der Waals surface area contributed by atoms with Crippen molar-refractivity contribution in [3.8, 4) is 0 Å². The summed E-state index contributed by atoms with van der Waals surface area (Å²) in [4.78, 5) is 11.4. The van der Waals surface area contributed by atoms with Crippen LogP contribution in [0.25, 0.3) is 0 Å². The molecule has 4 nitrogen and oxygen atoms in total. The Morgan fingerprint density at radius 1 is 1.50 bits per heavy atom. The fourth-order valence-electron chi connectivity index (χ4n) is 0.984. The van der Waals surface area contributed by atoms with Gasteiger partial charge in [0.25, 0.3) is 0 Å². The number of thioether (sulfide) groups is 1. The first-order valence-corrected chi connectivity index (χ1v) is 6.72. The normalized spacial score (nSPS) is 13.3. The minimum atomic E-state index is -0.499. The van der Waals surface area contributed by atoms with Gasteiger partial charge in [0.05, 0.1) is 12.6 Å². The Balaban J connectivity index is 3.88. The molecule has 0 bridgehead atoms. The number of alkyl carbamates (subject to hydrolysis) is 1. The number of nitrogens with one attached hydrogen (secondary N) is 1. The molecule has 0 aliphatic rings. The predicted molar refractivity (Wildman–Crippen MR) is 67.9 cm³/mol. The number of aliphatic hydroxyl groups is 1. The molecule has 0 aromatic heterocycles. The van der Waals surface area contributed by atoms with Gasteiger partial charge >= 0.3 is 6.09 Å². The predicted octanol–water partition coefficient (Wildman–Crippen LogP) is 2.02. The third-order valence-corrected chi connectivity index (χ3v) is 2.94. The topological polar surface area (TPSA) is 58.6 Å². The van der Waals surface area contributed by atoms with Crippen molar-refractivity contribution in [1.29, 1.82) is 0 Å². The summed E-state index contributed by atoms with van der Waals surface area (Å²) in [5.74, 6) is 1.75. The van der Waals surface area contributed by atoms with Crippen LogP contribution in [0.2, 0.25) is 0 Å². The van der Waals surface area contributed by atoms with Crippen LogP contribution in [-0.4, -0.2) is 41.0 Å². The molecule has 2 N–H and O–H groups in total. The zero-order valence-electron chi connectivity index (χ0n) is 10.6. The Morgan fingerprint density at radius 3 is 2.56 bits per heavy atom. The third kappa shape index (κ3) is 8.85. The monoisotopic (exact) mass is 249 g/mol. The molecule has 0 unspecified atom stereocenters. The lowest BCUT2D eigenvalue weighted by atomic mass is 10.2. The molecule has 0 aliphatic heterocycles. The molecule has 0 spiro atoms. The standard InChI is InChI=1S/C11H23NO3S/c1-5-6-16-8-9(7-13)12-10(14)15-11(2,3)4/h9,13H,5-8H2,1-4H3,(H,12,14)/t9-/m0/s1. The molecule has 0 fully saturated rings. The van der Waals surface area contributed by atoms with E-state index in [1.165, 1.54) is 0 Å². The van der Waals surface area contributed by atoms with Crippen LogP contribution < -0.4 is 5.32 Å². The van der Waals surface area contributed by atoms with Gasteiger partial charge in [0, 0.05) is 5.75 Å². The van der Waals surface area contributed by atoms with E-state index < -0.39 is 11.7 Å². The molecule has 0 rings (SSSR count). The van der Waals surface area contributed by atoms with Gasteiger partial charge in [-0.05, 0) is 32.9 Å². The second kappa shape index (κ2) is 7.79. The summed E-state index contributed by atoms with van der Waals surface area (Å²) in [6.45, 7) is 7.48. The first kappa shape index (κ1) is 15.6. The fourth-order valence-corrected chi connectivity index (χ4v) is 1.91. The summed E-state index contributed by atoms with van der Waals surface area (Å²) in [5.41, 5.74) is -0.499. The van der Waals surface area contributed by atoms with Gasteiger partial charge in [-0.15, -0.1) is 0 Å². The maximum Gasteiger partial charge on any atom is 0.407 e. The zero-order valence-corrected chi connectivity index (χ0v) is 11.4. The maximum atomic E-state index is 11.4. The van der Waals surface area contributed by atoms with Crippen LogP contribution in [0, 0.1) is 0 Å². The number of carbonyl (C=O) groups is 1. The highest BCUT2D eigenvalue weighted by Crippen LogP contribution is 2.08. The molecule has 5 heteroatoms. The van der Waals surface area contributed by atoms with Crippen LogP contribution in [0.3, 0.4) is 0 Å². The lowest BCUT2D eigenvalue weighted by Gasteiger charge is -2.22. The summed E-state index contributed by atoms with van der Waals surface area (Å²) in [7, 11) is 0. The number of ether oxygens (including phenoxy) is 1. The van der Waals surface area contributed by atoms with Gasteiger partial charge in [-0.1, -0.05) is 6.92 Å². The van der Waals surface area contributed by atoms with Crippen LogP contribution in [0.15, 0.2) is 0 Å². The summed E-state index contributed by atoms with van der Waals surface area (Å²) < 4.78 is 5.11. The van der Waals surface area contributed by atoms with E-state index in [0.29, 0.717) is 5.75 Å². The van der Waals surface area contributed by atoms with Gasteiger partial charge in [-0.25, -0.2) is 4.79 Å². The van der Waals surface area contributed by atoms with Crippen LogP contribution >= 0.6 is 11.8 Å². The van der Waals surface area contributed by atoms with Gasteiger partial charge in [0.15, 0.2) is 0 Å². The van der Waals surface area contributed by atoms with E-state index in [0.717, 1.165) is 12.2 Å². The minimum absolute atomic E-state index is 0.0596. The largest absolute Gasteiger partial charge is 0.444 e. The van der Waals surface area contributed by atoms with Gasteiger partial charge in [-0.2, -0.15) is 11.8 Å². The molecule has 0 saturated carbocycles. The summed E-state index contributed by atoms with van der Waals surface area (Å²) in [6.07, 6.45) is 0.624. The number of rotatable bonds is 6. The molecule has 0 aliphatic carbocycles. The van der Waals surface area contributed by atoms with Crippen molar-refractivity contribution in [1.82, 2.24) is 5.32 Å². The van der Waals surface area contributed by atoms with Crippen LogP contribution in [0.4, 0.5) is 4.79 Å². The molecule has 0 radical (unpaired) electrons. The molecule has 0 aromatic carbocycles. The number of aliphatic hydroxyl groups excluding tert-OH is 1. The average Bonchev–Trinajstić information content (AvgIpc) is 2.13. The Labute approximate surface area is 102 Å². The molecular weight excluding hydrogens is 226 g/mol. The van der Waals surface area contributed by atoms with Crippen LogP contribution in [-0.2, 0) is 4.74 Å². The van der Waals surface area contributed by atoms with E-state index in [1.54, 1.807) is 11.8 Å². The highest BCUT2D eigenvalue weighted by atomic mass is 32.2. The van der Waals surface area contributed by atoms with Crippen molar-refractivity contribution in [3.63, 3.8) is 0 Å². The van der Waals surface area contributed by atoms with Crippen molar-refractivity contribution in [2.45, 2.75) is 45.8 Å². The Bertz CT molecular complexity index is 204. The first-order valence-electron chi connectivity index (χ1n) is 5.57. The van der Waals surface area contributed by atoms with Crippen LogP contribution in [0.1, 0.15) is 34.1 Å². The van der Waals surface area contributed by atoms with E-state index in [-0.39, 0.29) is 12.6 Å². The van der Waals surface area contributed by atoms with Gasteiger partial charge in [-0.3, -0.25) is 0 Å². The lowest BCUT2D eigenvalue weighted by Crippen LogP contribution is -2.42. The second-order valence-electron chi connectivity index (χ2n) is 4.60. The van der Waals surface area contributed by atoms with E-state index >= 15 is 0 Å². The molecular formula is C11H23NO3S. The number of hydrogen-bond donors (Lipinski definition) is 2. The fraction of sp³-hybridized carbons (Fsp3) is 0.909. The third-order valence-electron chi connectivity index (χ3n) is 1.61. The van der Waals surface area contributed by atoms with E-state index in [4.69, 9.17) is 9.84 Å². The molecule has 0 saturated heterocycles. The highest BCUT2D eigenvalue weighted by Gasteiger charge is 2.18. The average molecular weight is 249 g/mol. The second-order valence-corrected chi connectivity index (χ2v) is 5.75. The van der Waals surface area contributed by atoms with Crippen molar-refractivity contribution in [3.05, 3.63) is 0 Å². The van der Waals surface area contributed by atoms with Gasteiger partial charge in [0.1, 0.15) is 5.60 Å². The summed E-state index contributed by atoms with van der Waals surface area (Å²) >= 11 is 1.72. The SMILES string of the molecule is CCCSC[C@H](CO)NC(=O)OC(C)(C)C. The maximum absolute atomic E-state index is 11.4. The molecule has 0 aromatic rings. The minimum Gasteiger partial charge on any atom is -0.444 e. The molecule has 16 heavy (non-hydrogen) atoms. The molecule has 1 amide bonds. The number of hydrogen-bond acceptors (Lipinski definition) is 4. The zero-order chi connectivity index (χ0) is 12.6.